The molecule has 0 fully saturated rings. The van der Waals surface area contributed by atoms with Crippen LogP contribution in [0, 0.1) is 0 Å². The minimum absolute atomic E-state index is 0.0699. The number of rotatable bonds is 30. The van der Waals surface area contributed by atoms with Crippen molar-refractivity contribution in [2.45, 2.75) is 19.8 Å². The van der Waals surface area contributed by atoms with E-state index in [0.29, 0.717) is 106 Å². The van der Waals surface area contributed by atoms with Crippen molar-refractivity contribution in [3.8, 4) is 0 Å². The van der Waals surface area contributed by atoms with Gasteiger partial charge in [0.2, 0.25) is 11.8 Å². The summed E-state index contributed by atoms with van der Waals surface area (Å²) >= 11 is 0. The zero-order valence-corrected chi connectivity index (χ0v) is 22.6. The lowest BCUT2D eigenvalue weighted by Gasteiger charge is -2.09. The molecule has 14 heteroatoms. The van der Waals surface area contributed by atoms with E-state index in [4.69, 9.17) is 43.0 Å². The Hall–Kier alpha value is -1.91. The van der Waals surface area contributed by atoms with Crippen LogP contribution in [-0.4, -0.2) is 142 Å². The first kappa shape index (κ1) is 36.1. The molecule has 0 aromatic carbocycles. The molecule has 0 bridgehead atoms. The van der Waals surface area contributed by atoms with Gasteiger partial charge in [-0.1, -0.05) is 0 Å². The third-order valence-electron chi connectivity index (χ3n) is 4.36. The summed E-state index contributed by atoms with van der Waals surface area (Å²) in [6.45, 7) is 9.18. The van der Waals surface area contributed by atoms with Crippen LogP contribution in [0.1, 0.15) is 19.8 Å². The van der Waals surface area contributed by atoms with Crippen LogP contribution >= 0.6 is 0 Å². The number of hydrogen-bond donors (Lipinski definition) is 3. The first-order valence-corrected chi connectivity index (χ1v) is 12.9. The molecule has 3 N–H and O–H groups in total. The lowest BCUT2D eigenvalue weighted by atomic mass is 10.4. The Morgan fingerprint density at radius 3 is 1.16 bits per heavy atom. The molecule has 0 aliphatic rings. The first-order chi connectivity index (χ1) is 18.5. The van der Waals surface area contributed by atoms with E-state index < -0.39 is 5.97 Å². The van der Waals surface area contributed by atoms with Crippen LogP contribution in [0.3, 0.4) is 0 Å². The van der Waals surface area contributed by atoms with E-state index >= 15 is 0 Å². The quantitative estimate of drug-likeness (QED) is 0.0950. The van der Waals surface area contributed by atoms with Gasteiger partial charge in [0.05, 0.1) is 112 Å². The van der Waals surface area contributed by atoms with E-state index in [1.54, 1.807) is 0 Å². The van der Waals surface area contributed by atoms with Crippen molar-refractivity contribution in [2.24, 2.45) is 0 Å². The van der Waals surface area contributed by atoms with E-state index in [9.17, 15) is 14.4 Å². The monoisotopic (exact) mass is 554 g/mol. The number of aliphatic carboxylic acids is 1. The molecule has 0 aromatic heterocycles. The maximum Gasteiger partial charge on any atom is 0.305 e. The van der Waals surface area contributed by atoms with Crippen LogP contribution in [0.5, 0.6) is 0 Å². The highest BCUT2D eigenvalue weighted by Crippen LogP contribution is 1.88. The second-order valence-electron chi connectivity index (χ2n) is 7.63. The third-order valence-corrected chi connectivity index (χ3v) is 4.36. The third kappa shape index (κ3) is 32.1. The zero-order chi connectivity index (χ0) is 27.9. The molecule has 38 heavy (non-hydrogen) atoms. The van der Waals surface area contributed by atoms with Crippen LogP contribution in [0.4, 0.5) is 0 Å². The summed E-state index contributed by atoms with van der Waals surface area (Å²) < 4.78 is 42.9. The highest BCUT2D eigenvalue weighted by atomic mass is 16.6. The highest BCUT2D eigenvalue weighted by Gasteiger charge is 2.02. The van der Waals surface area contributed by atoms with Crippen LogP contribution in [-0.2, 0) is 52.3 Å². The van der Waals surface area contributed by atoms with Gasteiger partial charge in [0.1, 0.15) is 0 Å². The second kappa shape index (κ2) is 29.6. The number of carboxylic acid groups (broad SMARTS) is 1. The summed E-state index contributed by atoms with van der Waals surface area (Å²) in [6.07, 6.45) is 0.0823. The molecule has 0 unspecified atom stereocenters. The van der Waals surface area contributed by atoms with Gasteiger partial charge in [-0.25, -0.2) is 0 Å². The standard InChI is InChI=1S/C24H46N2O12/c1-22(27)25-5-7-32-9-11-34-13-15-36-17-19-38-21-20-37-18-16-35-14-12-33-10-8-31-6-3-23(28)26-4-2-24(29)30/h2-21H2,1H3,(H,25,27)(H,26,28)(H,29,30). The smallest absolute Gasteiger partial charge is 0.305 e. The molecule has 0 rings (SSSR count). The second-order valence-corrected chi connectivity index (χ2v) is 7.63. The number of amides is 2. The van der Waals surface area contributed by atoms with Crippen molar-refractivity contribution in [1.82, 2.24) is 10.6 Å². The van der Waals surface area contributed by atoms with Gasteiger partial charge in [-0.05, 0) is 0 Å². The molecule has 14 nitrogen and oxygen atoms in total. The number of carbonyl (C=O) groups excluding carboxylic acids is 2. The molecule has 0 aliphatic heterocycles. The predicted octanol–water partition coefficient (Wildman–Crippen LogP) is -0.764. The Morgan fingerprint density at radius 2 is 0.816 bits per heavy atom. The molecule has 0 aromatic rings. The largest absolute Gasteiger partial charge is 0.481 e. The molecular weight excluding hydrogens is 508 g/mol. The summed E-state index contributed by atoms with van der Waals surface area (Å²) in [6, 6.07) is 0. The number of ether oxygens (including phenoxy) is 8. The molecule has 0 aliphatic carbocycles. The lowest BCUT2D eigenvalue weighted by Crippen LogP contribution is -2.27. The van der Waals surface area contributed by atoms with Crippen molar-refractivity contribution >= 4 is 17.8 Å². The molecule has 0 spiro atoms. The maximum atomic E-state index is 11.4. The summed E-state index contributed by atoms with van der Waals surface area (Å²) in [7, 11) is 0. The summed E-state index contributed by atoms with van der Waals surface area (Å²) in [5.41, 5.74) is 0. The molecular formula is C24H46N2O12. The van der Waals surface area contributed by atoms with Crippen molar-refractivity contribution in [3.05, 3.63) is 0 Å². The maximum absolute atomic E-state index is 11.4. The van der Waals surface area contributed by atoms with Crippen LogP contribution in [0.15, 0.2) is 0 Å². The van der Waals surface area contributed by atoms with Crippen molar-refractivity contribution in [2.75, 3.05) is 119 Å². The number of carbonyl (C=O) groups is 3. The Kier molecular flexibility index (Phi) is 28.2. The number of hydrogen-bond acceptors (Lipinski definition) is 11. The SMILES string of the molecule is CC(=O)NCCOCCOCCOCCOCCOCCOCCOCCOCCC(=O)NCCC(=O)O. The minimum atomic E-state index is -0.950. The Balaban J connectivity index is 3.10. The van der Waals surface area contributed by atoms with Gasteiger partial charge in [0.15, 0.2) is 0 Å². The fourth-order valence-corrected chi connectivity index (χ4v) is 2.50. The number of carboxylic acids is 1. The average molecular weight is 555 g/mol. The molecule has 0 saturated carbocycles. The van der Waals surface area contributed by atoms with E-state index in [1.807, 2.05) is 0 Å². The van der Waals surface area contributed by atoms with Gasteiger partial charge in [-0.15, -0.1) is 0 Å². The fraction of sp³-hybridized carbons (Fsp3) is 0.875. The van der Waals surface area contributed by atoms with Gasteiger partial charge < -0.3 is 53.6 Å². The summed E-state index contributed by atoms with van der Waals surface area (Å²) in [5, 5.41) is 13.6. The minimum Gasteiger partial charge on any atom is -0.481 e. The normalized spacial score (nSPS) is 11.0. The van der Waals surface area contributed by atoms with Crippen molar-refractivity contribution in [3.63, 3.8) is 0 Å². The Labute approximate surface area is 224 Å². The van der Waals surface area contributed by atoms with Gasteiger partial charge in [0.25, 0.3) is 0 Å². The van der Waals surface area contributed by atoms with Crippen LogP contribution in [0.25, 0.3) is 0 Å². The van der Waals surface area contributed by atoms with Gasteiger partial charge in [-0.3, -0.25) is 14.4 Å². The van der Waals surface area contributed by atoms with Gasteiger partial charge in [0, 0.05) is 26.4 Å². The Morgan fingerprint density at radius 1 is 0.474 bits per heavy atom. The molecule has 0 radical (unpaired) electrons. The van der Waals surface area contributed by atoms with Gasteiger partial charge >= 0.3 is 5.97 Å². The van der Waals surface area contributed by atoms with E-state index in [1.165, 1.54) is 6.92 Å². The lowest BCUT2D eigenvalue weighted by molar-refractivity contribution is -0.137. The van der Waals surface area contributed by atoms with E-state index in [2.05, 4.69) is 10.6 Å². The summed E-state index contributed by atoms with van der Waals surface area (Å²) in [4.78, 5) is 32.4. The van der Waals surface area contributed by atoms with Gasteiger partial charge in [-0.2, -0.15) is 0 Å². The molecule has 224 valence electrons. The summed E-state index contributed by atoms with van der Waals surface area (Å²) in [5.74, 6) is -1.26. The van der Waals surface area contributed by atoms with E-state index in [-0.39, 0.29) is 37.8 Å². The fourth-order valence-electron chi connectivity index (χ4n) is 2.50. The molecule has 0 heterocycles. The molecule has 0 atom stereocenters. The molecule has 2 amide bonds. The van der Waals surface area contributed by atoms with E-state index in [0.717, 1.165) is 0 Å². The number of nitrogens with one attached hydrogen (secondary N) is 2. The average Bonchev–Trinajstić information content (AvgIpc) is 2.87. The van der Waals surface area contributed by atoms with Crippen LogP contribution in [0.2, 0.25) is 0 Å². The molecule has 0 saturated heterocycles. The van der Waals surface area contributed by atoms with Crippen molar-refractivity contribution in [1.29, 1.82) is 0 Å². The zero-order valence-electron chi connectivity index (χ0n) is 22.6. The van der Waals surface area contributed by atoms with Crippen molar-refractivity contribution < 1.29 is 57.4 Å². The highest BCUT2D eigenvalue weighted by molar-refractivity contribution is 5.76. The first-order valence-electron chi connectivity index (χ1n) is 12.9. The Bertz CT molecular complexity index is 569. The predicted molar refractivity (Wildman–Crippen MR) is 135 cm³/mol. The topological polar surface area (TPSA) is 169 Å². The van der Waals surface area contributed by atoms with Crippen LogP contribution < -0.4 is 10.6 Å².